The molecule has 1 aromatic heterocycles. The predicted molar refractivity (Wildman–Crippen MR) is 80.3 cm³/mol. The van der Waals surface area contributed by atoms with E-state index in [1.165, 1.54) is 0 Å². The van der Waals surface area contributed by atoms with Crippen molar-refractivity contribution in [3.63, 3.8) is 0 Å². The number of amides is 2. The molecule has 2 amide bonds. The third kappa shape index (κ3) is 4.75. The SMILES string of the molecule is O=C(NCCCn1cc(Cl)cn1)Nc1ccc(Cl)cc1. The van der Waals surface area contributed by atoms with Crippen LogP contribution in [-0.4, -0.2) is 22.4 Å². The molecule has 2 rings (SSSR count). The summed E-state index contributed by atoms with van der Waals surface area (Å²) in [6.45, 7) is 1.25. The molecule has 0 spiro atoms. The number of nitrogens with zero attached hydrogens (tertiary/aromatic N) is 2. The highest BCUT2D eigenvalue weighted by molar-refractivity contribution is 6.30. The fourth-order valence-electron chi connectivity index (χ4n) is 1.61. The van der Waals surface area contributed by atoms with Crippen molar-refractivity contribution in [2.45, 2.75) is 13.0 Å². The predicted octanol–water partition coefficient (Wildman–Crippen LogP) is 3.40. The summed E-state index contributed by atoms with van der Waals surface area (Å²) in [7, 11) is 0. The van der Waals surface area contributed by atoms with Gasteiger partial charge >= 0.3 is 6.03 Å². The topological polar surface area (TPSA) is 59.0 Å². The van der Waals surface area contributed by atoms with E-state index < -0.39 is 0 Å². The molecular formula is C13H14Cl2N4O. The summed E-state index contributed by atoms with van der Waals surface area (Å²) in [6.07, 6.45) is 4.10. The number of carbonyl (C=O) groups is 1. The van der Waals surface area contributed by atoms with E-state index in [-0.39, 0.29) is 6.03 Å². The third-order valence-corrected chi connectivity index (χ3v) is 3.00. The minimum Gasteiger partial charge on any atom is -0.338 e. The Labute approximate surface area is 126 Å². The van der Waals surface area contributed by atoms with E-state index >= 15 is 0 Å². The van der Waals surface area contributed by atoms with Crippen LogP contribution in [0.5, 0.6) is 0 Å². The standard InChI is InChI=1S/C13H14Cl2N4O/c14-10-2-4-12(5-3-10)18-13(20)16-6-1-7-19-9-11(15)8-17-19/h2-5,8-9H,1,6-7H2,(H2,16,18,20). The number of urea groups is 1. The van der Waals surface area contributed by atoms with Crippen LogP contribution in [0.4, 0.5) is 10.5 Å². The van der Waals surface area contributed by atoms with Crippen molar-refractivity contribution >= 4 is 34.9 Å². The van der Waals surface area contributed by atoms with E-state index in [9.17, 15) is 4.79 Å². The van der Waals surface area contributed by atoms with Crippen LogP contribution in [0.3, 0.4) is 0 Å². The van der Waals surface area contributed by atoms with Gasteiger partial charge < -0.3 is 10.6 Å². The maximum Gasteiger partial charge on any atom is 0.319 e. The van der Waals surface area contributed by atoms with Crippen molar-refractivity contribution in [3.05, 3.63) is 46.7 Å². The molecule has 2 aromatic rings. The molecule has 5 nitrogen and oxygen atoms in total. The fraction of sp³-hybridized carbons (Fsp3) is 0.231. The second kappa shape index (κ2) is 7.17. The van der Waals surface area contributed by atoms with E-state index in [1.54, 1.807) is 41.3 Å². The molecule has 0 fully saturated rings. The Bertz CT molecular complexity index is 568. The molecule has 1 aromatic carbocycles. The van der Waals surface area contributed by atoms with Gasteiger partial charge in [-0.25, -0.2) is 4.79 Å². The maximum absolute atomic E-state index is 11.6. The smallest absolute Gasteiger partial charge is 0.319 e. The van der Waals surface area contributed by atoms with Crippen molar-refractivity contribution in [2.75, 3.05) is 11.9 Å². The molecule has 0 aliphatic rings. The van der Waals surface area contributed by atoms with Gasteiger partial charge in [0, 0.05) is 30.0 Å². The second-order valence-electron chi connectivity index (χ2n) is 4.16. The first kappa shape index (κ1) is 14.7. The molecule has 0 atom stereocenters. The average molecular weight is 313 g/mol. The van der Waals surface area contributed by atoms with Crippen LogP contribution in [0, 0.1) is 0 Å². The summed E-state index contributed by atoms with van der Waals surface area (Å²) in [4.78, 5) is 11.6. The summed E-state index contributed by atoms with van der Waals surface area (Å²) in [6, 6.07) is 6.68. The second-order valence-corrected chi connectivity index (χ2v) is 5.04. The summed E-state index contributed by atoms with van der Waals surface area (Å²) in [5, 5.41) is 10.8. The van der Waals surface area contributed by atoms with Crippen molar-refractivity contribution < 1.29 is 4.79 Å². The number of carbonyl (C=O) groups excluding carboxylic acids is 1. The highest BCUT2D eigenvalue weighted by Crippen LogP contribution is 2.13. The van der Waals surface area contributed by atoms with E-state index in [1.807, 2.05) is 0 Å². The normalized spacial score (nSPS) is 10.3. The van der Waals surface area contributed by atoms with Gasteiger partial charge in [-0.3, -0.25) is 4.68 Å². The Morgan fingerprint density at radius 3 is 2.60 bits per heavy atom. The zero-order valence-electron chi connectivity index (χ0n) is 10.6. The molecule has 0 bridgehead atoms. The summed E-state index contributed by atoms with van der Waals surface area (Å²) >= 11 is 11.5. The third-order valence-electron chi connectivity index (χ3n) is 2.55. The number of aromatic nitrogens is 2. The van der Waals surface area contributed by atoms with Gasteiger partial charge in [0.05, 0.1) is 11.2 Å². The van der Waals surface area contributed by atoms with Crippen molar-refractivity contribution in [3.8, 4) is 0 Å². The van der Waals surface area contributed by atoms with Crippen LogP contribution in [0.2, 0.25) is 10.0 Å². The number of anilines is 1. The molecule has 0 saturated heterocycles. The zero-order valence-corrected chi connectivity index (χ0v) is 12.2. The van der Waals surface area contributed by atoms with E-state index in [0.29, 0.717) is 28.8 Å². The quantitative estimate of drug-likeness (QED) is 0.831. The molecule has 0 aliphatic heterocycles. The van der Waals surface area contributed by atoms with Crippen LogP contribution in [-0.2, 0) is 6.54 Å². The first-order valence-corrected chi connectivity index (χ1v) is 6.87. The van der Waals surface area contributed by atoms with Crippen molar-refractivity contribution in [1.29, 1.82) is 0 Å². The fourth-order valence-corrected chi connectivity index (χ4v) is 1.89. The minimum absolute atomic E-state index is 0.245. The zero-order chi connectivity index (χ0) is 14.4. The number of hydrogen-bond donors (Lipinski definition) is 2. The van der Waals surface area contributed by atoms with Gasteiger partial charge in [0.1, 0.15) is 0 Å². The maximum atomic E-state index is 11.6. The lowest BCUT2D eigenvalue weighted by molar-refractivity contribution is 0.251. The van der Waals surface area contributed by atoms with Gasteiger partial charge in [-0.2, -0.15) is 5.10 Å². The molecule has 0 aliphatic carbocycles. The van der Waals surface area contributed by atoms with Crippen molar-refractivity contribution in [1.82, 2.24) is 15.1 Å². The number of nitrogens with one attached hydrogen (secondary N) is 2. The van der Waals surface area contributed by atoms with Gasteiger partial charge in [0.25, 0.3) is 0 Å². The lowest BCUT2D eigenvalue weighted by Crippen LogP contribution is -2.30. The molecule has 7 heteroatoms. The summed E-state index contributed by atoms with van der Waals surface area (Å²) in [5.74, 6) is 0. The molecule has 0 saturated carbocycles. The van der Waals surface area contributed by atoms with E-state index in [4.69, 9.17) is 23.2 Å². The molecule has 1 heterocycles. The highest BCUT2D eigenvalue weighted by atomic mass is 35.5. The Kier molecular flexibility index (Phi) is 5.26. The average Bonchev–Trinajstić information content (AvgIpc) is 2.83. The largest absolute Gasteiger partial charge is 0.338 e. The van der Waals surface area contributed by atoms with Crippen LogP contribution in [0.25, 0.3) is 0 Å². The lowest BCUT2D eigenvalue weighted by atomic mass is 10.3. The first-order valence-electron chi connectivity index (χ1n) is 6.12. The highest BCUT2D eigenvalue weighted by Gasteiger charge is 2.01. The van der Waals surface area contributed by atoms with Gasteiger partial charge in [-0.1, -0.05) is 23.2 Å². The molecule has 2 N–H and O–H groups in total. The van der Waals surface area contributed by atoms with Crippen LogP contribution in [0.1, 0.15) is 6.42 Å². The molecule has 20 heavy (non-hydrogen) atoms. The number of aryl methyl sites for hydroxylation is 1. The minimum atomic E-state index is -0.245. The van der Waals surface area contributed by atoms with Gasteiger partial charge in [0.15, 0.2) is 0 Å². The summed E-state index contributed by atoms with van der Waals surface area (Å²) in [5.41, 5.74) is 0.700. The van der Waals surface area contributed by atoms with Crippen LogP contribution in [0.15, 0.2) is 36.7 Å². The summed E-state index contributed by atoms with van der Waals surface area (Å²) < 4.78 is 1.74. The molecular weight excluding hydrogens is 299 g/mol. The Morgan fingerprint density at radius 2 is 1.95 bits per heavy atom. The van der Waals surface area contributed by atoms with Crippen LogP contribution >= 0.6 is 23.2 Å². The molecule has 106 valence electrons. The van der Waals surface area contributed by atoms with Crippen molar-refractivity contribution in [2.24, 2.45) is 0 Å². The first-order chi connectivity index (χ1) is 9.63. The number of hydrogen-bond acceptors (Lipinski definition) is 2. The number of benzene rings is 1. The lowest BCUT2D eigenvalue weighted by Gasteiger charge is -2.07. The Morgan fingerprint density at radius 1 is 1.20 bits per heavy atom. The Hall–Kier alpha value is -1.72. The molecule has 0 radical (unpaired) electrons. The van der Waals surface area contributed by atoms with Gasteiger partial charge in [0.2, 0.25) is 0 Å². The number of halogens is 2. The number of rotatable bonds is 5. The van der Waals surface area contributed by atoms with Gasteiger partial charge in [-0.05, 0) is 30.7 Å². The Balaban J connectivity index is 1.66. The van der Waals surface area contributed by atoms with E-state index in [2.05, 4.69) is 15.7 Å². The monoisotopic (exact) mass is 312 g/mol. The van der Waals surface area contributed by atoms with Crippen LogP contribution < -0.4 is 10.6 Å². The van der Waals surface area contributed by atoms with E-state index in [0.717, 1.165) is 6.42 Å². The molecule has 0 unspecified atom stereocenters. The van der Waals surface area contributed by atoms with Gasteiger partial charge in [-0.15, -0.1) is 0 Å².